The highest BCUT2D eigenvalue weighted by Crippen LogP contribution is 2.29. The number of hydrogen-bond acceptors (Lipinski definition) is 2. The molecular weight excluding hydrogens is 294 g/mol. The van der Waals surface area contributed by atoms with Crippen molar-refractivity contribution in [2.45, 2.75) is 12.5 Å². The standard InChI is InChI=1S/C15H12F2N2O3/c16-9-1-2-11(12(17)4-9)8-3-13-15(22)18-6-10(5-14(20)21)19(13)7-8/h1-4,7,10H,5-6H2,(H,18,22)(H,20,21). The van der Waals surface area contributed by atoms with Crippen LogP contribution < -0.4 is 5.32 Å². The summed E-state index contributed by atoms with van der Waals surface area (Å²) < 4.78 is 28.4. The smallest absolute Gasteiger partial charge is 0.305 e. The summed E-state index contributed by atoms with van der Waals surface area (Å²) in [5.74, 6) is -2.77. The van der Waals surface area contributed by atoms with Crippen molar-refractivity contribution in [3.05, 3.63) is 47.8 Å². The molecule has 22 heavy (non-hydrogen) atoms. The van der Waals surface area contributed by atoms with E-state index in [4.69, 9.17) is 5.11 Å². The SMILES string of the molecule is O=C(O)CC1CNC(=O)c2cc(-c3ccc(F)cc3F)cn21. The number of carbonyl (C=O) groups is 2. The molecule has 1 amide bonds. The Balaban J connectivity index is 2.06. The Labute approximate surface area is 124 Å². The second-order valence-electron chi connectivity index (χ2n) is 5.11. The molecule has 0 fully saturated rings. The van der Waals surface area contributed by atoms with Crippen molar-refractivity contribution in [3.8, 4) is 11.1 Å². The van der Waals surface area contributed by atoms with Gasteiger partial charge >= 0.3 is 5.97 Å². The van der Waals surface area contributed by atoms with Gasteiger partial charge < -0.3 is 15.0 Å². The minimum atomic E-state index is -0.990. The number of aromatic nitrogens is 1. The normalized spacial score (nSPS) is 17.0. The fraction of sp³-hybridized carbons (Fsp3) is 0.200. The fourth-order valence-electron chi connectivity index (χ4n) is 2.61. The predicted molar refractivity (Wildman–Crippen MR) is 73.4 cm³/mol. The van der Waals surface area contributed by atoms with Crippen molar-refractivity contribution in [2.75, 3.05) is 6.54 Å². The zero-order chi connectivity index (χ0) is 15.9. The molecular formula is C15H12F2N2O3. The van der Waals surface area contributed by atoms with Gasteiger partial charge in [0.1, 0.15) is 17.3 Å². The summed E-state index contributed by atoms with van der Waals surface area (Å²) >= 11 is 0. The van der Waals surface area contributed by atoms with E-state index in [-0.39, 0.29) is 30.1 Å². The van der Waals surface area contributed by atoms with Gasteiger partial charge in [0.25, 0.3) is 5.91 Å². The Bertz CT molecular complexity index is 770. The van der Waals surface area contributed by atoms with E-state index < -0.39 is 23.6 Å². The van der Waals surface area contributed by atoms with Crippen LogP contribution in [0.4, 0.5) is 8.78 Å². The maximum Gasteiger partial charge on any atom is 0.305 e. The van der Waals surface area contributed by atoms with Crippen LogP contribution in [-0.2, 0) is 4.79 Å². The average molecular weight is 306 g/mol. The first-order chi connectivity index (χ1) is 10.5. The molecule has 0 saturated heterocycles. The zero-order valence-electron chi connectivity index (χ0n) is 11.3. The van der Waals surface area contributed by atoms with Gasteiger partial charge in [-0.2, -0.15) is 0 Å². The summed E-state index contributed by atoms with van der Waals surface area (Å²) in [4.78, 5) is 22.8. The molecule has 0 bridgehead atoms. The summed E-state index contributed by atoms with van der Waals surface area (Å²) in [6.45, 7) is 0.193. The monoisotopic (exact) mass is 306 g/mol. The van der Waals surface area contributed by atoms with Gasteiger partial charge in [-0.25, -0.2) is 8.78 Å². The van der Waals surface area contributed by atoms with Gasteiger partial charge in [-0.15, -0.1) is 0 Å². The molecule has 1 aliphatic heterocycles. The van der Waals surface area contributed by atoms with E-state index in [2.05, 4.69) is 5.32 Å². The van der Waals surface area contributed by atoms with Crippen LogP contribution in [0.2, 0.25) is 0 Å². The van der Waals surface area contributed by atoms with Crippen LogP contribution in [0.15, 0.2) is 30.5 Å². The van der Waals surface area contributed by atoms with Gasteiger partial charge in [0.15, 0.2) is 0 Å². The lowest BCUT2D eigenvalue weighted by molar-refractivity contribution is -0.137. The van der Waals surface area contributed by atoms with Crippen LogP contribution in [0.3, 0.4) is 0 Å². The number of rotatable bonds is 3. The Hall–Kier alpha value is -2.70. The lowest BCUT2D eigenvalue weighted by Gasteiger charge is -2.25. The number of hydrogen-bond donors (Lipinski definition) is 2. The molecule has 1 aliphatic rings. The molecule has 2 N–H and O–H groups in total. The van der Waals surface area contributed by atoms with Crippen LogP contribution >= 0.6 is 0 Å². The number of carbonyl (C=O) groups excluding carboxylic acids is 1. The van der Waals surface area contributed by atoms with Gasteiger partial charge in [-0.05, 0) is 18.2 Å². The maximum atomic E-state index is 13.9. The second-order valence-corrected chi connectivity index (χ2v) is 5.11. The third-order valence-corrected chi connectivity index (χ3v) is 3.63. The van der Waals surface area contributed by atoms with Crippen LogP contribution in [0.25, 0.3) is 11.1 Å². The predicted octanol–water partition coefficient (Wildman–Crippen LogP) is 2.19. The van der Waals surface area contributed by atoms with Crippen LogP contribution in [0.1, 0.15) is 23.0 Å². The molecule has 2 heterocycles. The van der Waals surface area contributed by atoms with Gasteiger partial charge in [0.2, 0.25) is 0 Å². The molecule has 0 radical (unpaired) electrons. The molecule has 0 spiro atoms. The molecule has 7 heteroatoms. The molecule has 1 aromatic carbocycles. The highest BCUT2D eigenvalue weighted by atomic mass is 19.1. The third-order valence-electron chi connectivity index (χ3n) is 3.63. The van der Waals surface area contributed by atoms with E-state index in [0.29, 0.717) is 5.56 Å². The number of carboxylic acid groups (broad SMARTS) is 1. The minimum absolute atomic E-state index is 0.158. The first kappa shape index (κ1) is 14.2. The first-order valence-corrected chi connectivity index (χ1v) is 6.63. The Morgan fingerprint density at radius 1 is 1.36 bits per heavy atom. The molecule has 0 saturated carbocycles. The topological polar surface area (TPSA) is 71.3 Å². The van der Waals surface area contributed by atoms with Crippen molar-refractivity contribution in [3.63, 3.8) is 0 Å². The van der Waals surface area contributed by atoms with E-state index >= 15 is 0 Å². The van der Waals surface area contributed by atoms with E-state index in [1.54, 1.807) is 0 Å². The van der Waals surface area contributed by atoms with Crippen molar-refractivity contribution >= 4 is 11.9 Å². The second kappa shape index (κ2) is 5.25. The van der Waals surface area contributed by atoms with Crippen molar-refractivity contribution in [1.82, 2.24) is 9.88 Å². The number of benzene rings is 1. The molecule has 3 rings (SSSR count). The summed E-state index contributed by atoms with van der Waals surface area (Å²) in [5.41, 5.74) is 0.821. The number of nitrogens with zero attached hydrogens (tertiary/aromatic N) is 1. The third kappa shape index (κ3) is 2.45. The van der Waals surface area contributed by atoms with E-state index in [1.807, 2.05) is 0 Å². The molecule has 1 unspecified atom stereocenters. The highest BCUT2D eigenvalue weighted by Gasteiger charge is 2.27. The van der Waals surface area contributed by atoms with Crippen LogP contribution in [0.5, 0.6) is 0 Å². The van der Waals surface area contributed by atoms with Gasteiger partial charge in [0, 0.05) is 29.9 Å². The largest absolute Gasteiger partial charge is 0.481 e. The van der Waals surface area contributed by atoms with Crippen LogP contribution in [0, 0.1) is 11.6 Å². The number of nitrogens with one attached hydrogen (secondary N) is 1. The molecule has 1 aromatic heterocycles. The number of fused-ring (bicyclic) bond motifs is 1. The molecule has 0 aliphatic carbocycles. The molecule has 1 atom stereocenters. The lowest BCUT2D eigenvalue weighted by atomic mass is 10.1. The summed E-state index contributed by atoms with van der Waals surface area (Å²) in [5, 5.41) is 11.5. The first-order valence-electron chi connectivity index (χ1n) is 6.63. The molecule has 2 aromatic rings. The van der Waals surface area contributed by atoms with E-state index in [1.165, 1.54) is 22.9 Å². The lowest BCUT2D eigenvalue weighted by Crippen LogP contribution is -2.39. The molecule has 114 valence electrons. The van der Waals surface area contributed by atoms with Crippen molar-refractivity contribution in [2.24, 2.45) is 0 Å². The van der Waals surface area contributed by atoms with Crippen LogP contribution in [-0.4, -0.2) is 28.1 Å². The quantitative estimate of drug-likeness (QED) is 0.913. The minimum Gasteiger partial charge on any atom is -0.481 e. The van der Waals surface area contributed by atoms with Crippen molar-refractivity contribution < 1.29 is 23.5 Å². The number of amides is 1. The summed E-state index contributed by atoms with van der Waals surface area (Å²) in [6, 6.07) is 4.21. The number of carboxylic acids is 1. The van der Waals surface area contributed by atoms with E-state index in [9.17, 15) is 18.4 Å². The fourth-order valence-corrected chi connectivity index (χ4v) is 2.61. The Morgan fingerprint density at radius 2 is 2.14 bits per heavy atom. The van der Waals surface area contributed by atoms with E-state index in [0.717, 1.165) is 12.1 Å². The summed E-state index contributed by atoms with van der Waals surface area (Å²) in [7, 11) is 0. The van der Waals surface area contributed by atoms with Gasteiger partial charge in [-0.1, -0.05) is 0 Å². The summed E-state index contributed by atoms with van der Waals surface area (Å²) in [6.07, 6.45) is 1.37. The van der Waals surface area contributed by atoms with Gasteiger partial charge in [0.05, 0.1) is 12.5 Å². The Morgan fingerprint density at radius 3 is 2.82 bits per heavy atom. The highest BCUT2D eigenvalue weighted by molar-refractivity contribution is 5.95. The average Bonchev–Trinajstić information content (AvgIpc) is 2.87. The maximum absolute atomic E-state index is 13.9. The number of aliphatic carboxylic acids is 1. The Kier molecular flexibility index (Phi) is 3.40. The van der Waals surface area contributed by atoms with Gasteiger partial charge in [-0.3, -0.25) is 9.59 Å². The van der Waals surface area contributed by atoms with Crippen molar-refractivity contribution in [1.29, 1.82) is 0 Å². The molecule has 5 nitrogen and oxygen atoms in total. The number of halogens is 2. The zero-order valence-corrected chi connectivity index (χ0v) is 11.3.